The zero-order valence-corrected chi connectivity index (χ0v) is 16.4. The van der Waals surface area contributed by atoms with Crippen LogP contribution in [0.4, 0.5) is 23.7 Å². The first-order chi connectivity index (χ1) is 13.0. The number of hydrogen-bond donors (Lipinski definition) is 2. The Balaban J connectivity index is 1.99. The maximum absolute atomic E-state index is 13.4. The third-order valence-corrected chi connectivity index (χ3v) is 4.56. The zero-order chi connectivity index (χ0) is 19.9. The maximum Gasteiger partial charge on any atom is 0.319 e. The molecule has 0 fully saturated rings. The number of halogens is 3. The van der Waals surface area contributed by atoms with Crippen molar-refractivity contribution < 1.29 is 18.0 Å². The Hall–Kier alpha value is -1.72. The molecule has 2 amide bonds. The lowest BCUT2D eigenvalue weighted by molar-refractivity contribution is 0.251. The van der Waals surface area contributed by atoms with Gasteiger partial charge < -0.3 is 10.6 Å². The SMILES string of the molecule is CCCCCCCCCCCCCCNC(=O)Nc1c(F)cc(F)cc1F. The lowest BCUT2D eigenvalue weighted by atomic mass is 10.1. The fraction of sp³-hybridized carbons (Fsp3) is 0.667. The predicted molar refractivity (Wildman–Crippen MR) is 104 cm³/mol. The number of carbonyl (C=O) groups excluding carboxylic acids is 1. The van der Waals surface area contributed by atoms with Crippen molar-refractivity contribution in [3.8, 4) is 0 Å². The van der Waals surface area contributed by atoms with Crippen LogP contribution in [-0.2, 0) is 0 Å². The lowest BCUT2D eigenvalue weighted by Crippen LogP contribution is -2.30. The minimum Gasteiger partial charge on any atom is -0.338 e. The van der Waals surface area contributed by atoms with E-state index in [1.165, 1.54) is 57.8 Å². The smallest absolute Gasteiger partial charge is 0.319 e. The van der Waals surface area contributed by atoms with Gasteiger partial charge in [-0.3, -0.25) is 0 Å². The molecule has 1 aromatic carbocycles. The number of hydrogen-bond acceptors (Lipinski definition) is 1. The summed E-state index contributed by atoms with van der Waals surface area (Å²) in [7, 11) is 0. The molecule has 0 aromatic heterocycles. The number of nitrogens with one attached hydrogen (secondary N) is 2. The van der Waals surface area contributed by atoms with Crippen LogP contribution >= 0.6 is 0 Å². The molecule has 1 rings (SSSR count). The van der Waals surface area contributed by atoms with E-state index in [4.69, 9.17) is 0 Å². The summed E-state index contributed by atoms with van der Waals surface area (Å²) in [5.41, 5.74) is -0.636. The highest BCUT2D eigenvalue weighted by molar-refractivity contribution is 5.89. The standard InChI is InChI=1S/C21H33F3N2O/c1-2-3-4-5-6-7-8-9-10-11-12-13-14-25-21(27)26-20-18(23)15-17(22)16-19(20)24/h15-16H,2-14H2,1H3,(H2,25,26,27). The molecule has 0 bridgehead atoms. The topological polar surface area (TPSA) is 41.1 Å². The molecule has 0 saturated carbocycles. The summed E-state index contributed by atoms with van der Waals surface area (Å²) in [6.07, 6.45) is 14.7. The zero-order valence-electron chi connectivity index (χ0n) is 16.4. The quantitative estimate of drug-likeness (QED) is 0.335. The van der Waals surface area contributed by atoms with Crippen LogP contribution in [0, 0.1) is 17.5 Å². The van der Waals surface area contributed by atoms with E-state index in [9.17, 15) is 18.0 Å². The van der Waals surface area contributed by atoms with Crippen molar-refractivity contribution in [1.82, 2.24) is 5.32 Å². The summed E-state index contributed by atoms with van der Waals surface area (Å²) < 4.78 is 39.7. The van der Waals surface area contributed by atoms with Gasteiger partial charge in [-0.05, 0) is 6.42 Å². The van der Waals surface area contributed by atoms with E-state index in [0.29, 0.717) is 18.7 Å². The van der Waals surface area contributed by atoms with E-state index in [2.05, 4.69) is 17.6 Å². The molecule has 2 N–H and O–H groups in total. The summed E-state index contributed by atoms with van der Waals surface area (Å²) in [6, 6.07) is 0.371. The van der Waals surface area contributed by atoms with E-state index < -0.39 is 29.2 Å². The highest BCUT2D eigenvalue weighted by Gasteiger charge is 2.13. The Labute approximate surface area is 161 Å². The number of amides is 2. The van der Waals surface area contributed by atoms with Gasteiger partial charge in [-0.1, -0.05) is 77.6 Å². The van der Waals surface area contributed by atoms with Crippen LogP contribution in [-0.4, -0.2) is 12.6 Å². The van der Waals surface area contributed by atoms with Crippen LogP contribution in [0.15, 0.2) is 12.1 Å². The highest BCUT2D eigenvalue weighted by atomic mass is 19.1. The number of carbonyl (C=O) groups is 1. The first-order valence-electron chi connectivity index (χ1n) is 10.2. The second kappa shape index (κ2) is 14.4. The monoisotopic (exact) mass is 386 g/mol. The third kappa shape index (κ3) is 10.9. The van der Waals surface area contributed by atoms with Crippen LogP contribution in [0.1, 0.15) is 84.0 Å². The van der Waals surface area contributed by atoms with Gasteiger partial charge in [-0.15, -0.1) is 0 Å². The molecule has 0 unspecified atom stereocenters. The molecule has 0 aliphatic rings. The fourth-order valence-electron chi connectivity index (χ4n) is 2.99. The Morgan fingerprint density at radius 1 is 0.778 bits per heavy atom. The normalized spacial score (nSPS) is 10.8. The van der Waals surface area contributed by atoms with Crippen LogP contribution in [0.5, 0.6) is 0 Å². The molecular weight excluding hydrogens is 353 g/mol. The minimum atomic E-state index is -1.13. The molecule has 27 heavy (non-hydrogen) atoms. The van der Waals surface area contributed by atoms with Crippen LogP contribution in [0.25, 0.3) is 0 Å². The summed E-state index contributed by atoms with van der Waals surface area (Å²) in [5.74, 6) is -3.28. The molecule has 0 radical (unpaired) electrons. The van der Waals surface area contributed by atoms with E-state index in [1.807, 2.05) is 0 Å². The Kier molecular flexibility index (Phi) is 12.4. The van der Waals surface area contributed by atoms with E-state index in [1.54, 1.807) is 0 Å². The fourth-order valence-corrected chi connectivity index (χ4v) is 2.99. The molecule has 0 saturated heterocycles. The first kappa shape index (κ1) is 23.3. The first-order valence-corrected chi connectivity index (χ1v) is 10.2. The summed E-state index contributed by atoms with van der Waals surface area (Å²) in [6.45, 7) is 2.67. The maximum atomic E-state index is 13.4. The van der Waals surface area contributed by atoms with Crippen molar-refractivity contribution in [3.05, 3.63) is 29.6 Å². The molecule has 0 heterocycles. The Morgan fingerprint density at radius 3 is 1.70 bits per heavy atom. The van der Waals surface area contributed by atoms with Gasteiger partial charge in [0, 0.05) is 18.7 Å². The molecule has 6 heteroatoms. The van der Waals surface area contributed by atoms with Gasteiger partial charge in [0.25, 0.3) is 0 Å². The van der Waals surface area contributed by atoms with E-state index >= 15 is 0 Å². The number of unbranched alkanes of at least 4 members (excludes halogenated alkanes) is 11. The summed E-state index contributed by atoms with van der Waals surface area (Å²) in [5, 5.41) is 4.64. The third-order valence-electron chi connectivity index (χ3n) is 4.56. The molecular formula is C21H33F3N2O. The van der Waals surface area contributed by atoms with Crippen molar-refractivity contribution in [3.63, 3.8) is 0 Å². The van der Waals surface area contributed by atoms with Crippen molar-refractivity contribution >= 4 is 11.7 Å². The molecule has 0 spiro atoms. The largest absolute Gasteiger partial charge is 0.338 e. The highest BCUT2D eigenvalue weighted by Crippen LogP contribution is 2.19. The van der Waals surface area contributed by atoms with Gasteiger partial charge in [-0.25, -0.2) is 18.0 Å². The average molecular weight is 387 g/mol. The molecule has 0 aliphatic heterocycles. The second-order valence-corrected chi connectivity index (χ2v) is 7.01. The van der Waals surface area contributed by atoms with Crippen molar-refractivity contribution in [2.45, 2.75) is 84.0 Å². The van der Waals surface area contributed by atoms with Crippen LogP contribution < -0.4 is 10.6 Å². The van der Waals surface area contributed by atoms with Crippen molar-refractivity contribution in [1.29, 1.82) is 0 Å². The Bertz CT molecular complexity index is 529. The van der Waals surface area contributed by atoms with Crippen molar-refractivity contribution in [2.24, 2.45) is 0 Å². The average Bonchev–Trinajstić information content (AvgIpc) is 2.62. The van der Waals surface area contributed by atoms with Crippen LogP contribution in [0.2, 0.25) is 0 Å². The van der Waals surface area contributed by atoms with Gasteiger partial charge in [0.15, 0.2) is 11.6 Å². The van der Waals surface area contributed by atoms with Gasteiger partial charge in [0.2, 0.25) is 0 Å². The lowest BCUT2D eigenvalue weighted by Gasteiger charge is -2.09. The molecule has 1 aromatic rings. The summed E-state index contributed by atoms with van der Waals surface area (Å²) >= 11 is 0. The van der Waals surface area contributed by atoms with Gasteiger partial charge in [0.05, 0.1) is 0 Å². The number of anilines is 1. The predicted octanol–water partition coefficient (Wildman–Crippen LogP) is 6.93. The number of urea groups is 1. The van der Waals surface area contributed by atoms with Crippen molar-refractivity contribution in [2.75, 3.05) is 11.9 Å². The molecule has 3 nitrogen and oxygen atoms in total. The van der Waals surface area contributed by atoms with Gasteiger partial charge in [0.1, 0.15) is 11.5 Å². The minimum absolute atomic E-state index is 0.438. The van der Waals surface area contributed by atoms with Gasteiger partial charge >= 0.3 is 6.03 Å². The molecule has 0 atom stereocenters. The van der Waals surface area contributed by atoms with E-state index in [-0.39, 0.29) is 0 Å². The number of benzene rings is 1. The molecule has 0 aliphatic carbocycles. The van der Waals surface area contributed by atoms with Gasteiger partial charge in [-0.2, -0.15) is 0 Å². The summed E-state index contributed by atoms with van der Waals surface area (Å²) in [4.78, 5) is 11.7. The van der Waals surface area contributed by atoms with Crippen LogP contribution in [0.3, 0.4) is 0 Å². The second-order valence-electron chi connectivity index (χ2n) is 7.01. The number of rotatable bonds is 14. The molecule has 154 valence electrons. The Morgan fingerprint density at radius 2 is 1.22 bits per heavy atom. The van der Waals surface area contributed by atoms with E-state index in [0.717, 1.165) is 19.3 Å².